The van der Waals surface area contributed by atoms with Crippen LogP contribution in [-0.4, -0.2) is 17.4 Å². The van der Waals surface area contributed by atoms with Crippen molar-refractivity contribution < 1.29 is 9.59 Å². The summed E-state index contributed by atoms with van der Waals surface area (Å²) >= 11 is 1.50. The number of nitrogens with one attached hydrogen (secondary N) is 1. The van der Waals surface area contributed by atoms with E-state index in [-0.39, 0.29) is 17.6 Å². The summed E-state index contributed by atoms with van der Waals surface area (Å²) in [7, 11) is 0. The predicted octanol–water partition coefficient (Wildman–Crippen LogP) is 2.57. The summed E-state index contributed by atoms with van der Waals surface area (Å²) in [5, 5.41) is 2.78. The number of anilines is 1. The van der Waals surface area contributed by atoms with Crippen LogP contribution in [0.4, 0.5) is 5.69 Å². The monoisotopic (exact) mass is 235 g/mol. The number of thioether (sulfide) groups is 1. The van der Waals surface area contributed by atoms with Crippen LogP contribution in [0.1, 0.15) is 24.2 Å². The molecule has 1 aromatic carbocycles. The number of fused-ring (bicyclic) bond motifs is 1. The van der Waals surface area contributed by atoms with E-state index < -0.39 is 0 Å². The first-order chi connectivity index (χ1) is 7.58. The number of carbonyl (C=O) groups is 2. The average molecular weight is 235 g/mol. The van der Waals surface area contributed by atoms with Crippen LogP contribution in [-0.2, 0) is 4.79 Å². The van der Waals surface area contributed by atoms with Crippen molar-refractivity contribution in [3.05, 3.63) is 23.8 Å². The fourth-order valence-corrected chi connectivity index (χ4v) is 2.36. The highest BCUT2D eigenvalue weighted by molar-refractivity contribution is 8.00. The maximum absolute atomic E-state index is 11.8. The van der Waals surface area contributed by atoms with Crippen molar-refractivity contribution in [2.24, 2.45) is 5.92 Å². The molecule has 16 heavy (non-hydrogen) atoms. The lowest BCUT2D eigenvalue weighted by atomic mass is 10.0. The van der Waals surface area contributed by atoms with Crippen molar-refractivity contribution in [1.29, 1.82) is 0 Å². The van der Waals surface area contributed by atoms with Crippen LogP contribution in [0.3, 0.4) is 0 Å². The van der Waals surface area contributed by atoms with Crippen LogP contribution in [0.25, 0.3) is 0 Å². The third kappa shape index (κ3) is 2.11. The van der Waals surface area contributed by atoms with Gasteiger partial charge in [0, 0.05) is 16.4 Å². The number of benzene rings is 1. The zero-order valence-electron chi connectivity index (χ0n) is 9.24. The number of hydrogen-bond donors (Lipinski definition) is 1. The molecule has 4 heteroatoms. The van der Waals surface area contributed by atoms with E-state index in [0.29, 0.717) is 11.3 Å². The highest BCUT2D eigenvalue weighted by Crippen LogP contribution is 2.32. The molecule has 84 valence electrons. The molecule has 0 saturated carbocycles. The first-order valence-corrected chi connectivity index (χ1v) is 6.17. The molecule has 1 aromatic rings. The van der Waals surface area contributed by atoms with Crippen molar-refractivity contribution >= 4 is 29.1 Å². The van der Waals surface area contributed by atoms with Gasteiger partial charge in [-0.1, -0.05) is 19.9 Å². The molecule has 2 rings (SSSR count). The topological polar surface area (TPSA) is 46.2 Å². The maximum Gasteiger partial charge on any atom is 0.234 e. The lowest BCUT2D eigenvalue weighted by Gasteiger charge is -2.17. The number of ketones is 1. The first kappa shape index (κ1) is 11.2. The minimum Gasteiger partial charge on any atom is -0.324 e. The largest absolute Gasteiger partial charge is 0.324 e. The van der Waals surface area contributed by atoms with Gasteiger partial charge in [0.25, 0.3) is 0 Å². The smallest absolute Gasteiger partial charge is 0.234 e. The Kier molecular flexibility index (Phi) is 3.01. The fraction of sp³-hybridized carbons (Fsp3) is 0.333. The predicted molar refractivity (Wildman–Crippen MR) is 65.0 cm³/mol. The van der Waals surface area contributed by atoms with Gasteiger partial charge < -0.3 is 5.32 Å². The molecular weight excluding hydrogens is 222 g/mol. The van der Waals surface area contributed by atoms with Crippen molar-refractivity contribution in [3.63, 3.8) is 0 Å². The van der Waals surface area contributed by atoms with Crippen molar-refractivity contribution in [1.82, 2.24) is 0 Å². The molecule has 0 unspecified atom stereocenters. The van der Waals surface area contributed by atoms with Gasteiger partial charge in [0.05, 0.1) is 11.4 Å². The highest BCUT2D eigenvalue weighted by atomic mass is 32.2. The number of amides is 1. The van der Waals surface area contributed by atoms with Crippen LogP contribution >= 0.6 is 11.8 Å². The Morgan fingerprint density at radius 3 is 2.88 bits per heavy atom. The van der Waals surface area contributed by atoms with E-state index >= 15 is 0 Å². The summed E-state index contributed by atoms with van der Waals surface area (Å²) in [6.45, 7) is 3.74. The molecule has 0 saturated heterocycles. The van der Waals surface area contributed by atoms with Crippen LogP contribution in [0.5, 0.6) is 0 Å². The molecule has 0 spiro atoms. The highest BCUT2D eigenvalue weighted by Gasteiger charge is 2.18. The summed E-state index contributed by atoms with van der Waals surface area (Å²) in [5.74, 6) is 0.522. The van der Waals surface area contributed by atoms with E-state index in [0.717, 1.165) is 10.6 Å². The lowest BCUT2D eigenvalue weighted by Crippen LogP contribution is -2.19. The Labute approximate surface area is 98.6 Å². The number of Topliss-reactive ketones (excluding diaryl/α,β-unsaturated/α-hetero) is 1. The van der Waals surface area contributed by atoms with Gasteiger partial charge in [0.1, 0.15) is 0 Å². The van der Waals surface area contributed by atoms with Gasteiger partial charge in [0.2, 0.25) is 5.91 Å². The average Bonchev–Trinajstić information content (AvgIpc) is 2.26. The molecule has 0 fully saturated rings. The summed E-state index contributed by atoms with van der Waals surface area (Å²) in [5.41, 5.74) is 1.42. The quantitative estimate of drug-likeness (QED) is 0.801. The molecule has 3 nitrogen and oxygen atoms in total. The van der Waals surface area contributed by atoms with Crippen LogP contribution in [0.2, 0.25) is 0 Å². The van der Waals surface area contributed by atoms with E-state index in [1.165, 1.54) is 11.8 Å². The van der Waals surface area contributed by atoms with Crippen molar-refractivity contribution in [2.45, 2.75) is 18.7 Å². The molecule has 1 heterocycles. The molecule has 0 radical (unpaired) electrons. The van der Waals surface area contributed by atoms with Gasteiger partial charge in [-0.15, -0.1) is 11.8 Å². The van der Waals surface area contributed by atoms with E-state index in [1.54, 1.807) is 6.07 Å². The molecule has 1 N–H and O–H groups in total. The van der Waals surface area contributed by atoms with Gasteiger partial charge in [-0.2, -0.15) is 0 Å². The SMILES string of the molecule is CC(C)C(=O)c1ccc2c(c1)NC(=O)CS2. The van der Waals surface area contributed by atoms with Gasteiger partial charge in [0.15, 0.2) is 5.78 Å². The van der Waals surface area contributed by atoms with Crippen molar-refractivity contribution in [3.8, 4) is 0 Å². The number of rotatable bonds is 2. The van der Waals surface area contributed by atoms with E-state index in [2.05, 4.69) is 5.32 Å². The first-order valence-electron chi connectivity index (χ1n) is 5.19. The summed E-state index contributed by atoms with van der Waals surface area (Å²) < 4.78 is 0. The lowest BCUT2D eigenvalue weighted by molar-refractivity contribution is -0.113. The van der Waals surface area contributed by atoms with Gasteiger partial charge in [-0.3, -0.25) is 9.59 Å². The minimum absolute atomic E-state index is 0.00774. The van der Waals surface area contributed by atoms with Gasteiger partial charge >= 0.3 is 0 Å². The third-order valence-corrected chi connectivity index (χ3v) is 3.49. The zero-order valence-corrected chi connectivity index (χ0v) is 10.1. The molecule has 0 aromatic heterocycles. The summed E-state index contributed by atoms with van der Waals surface area (Å²) in [4.78, 5) is 24.0. The molecule has 1 aliphatic heterocycles. The molecule has 1 amide bonds. The van der Waals surface area contributed by atoms with Crippen LogP contribution in [0.15, 0.2) is 23.1 Å². The molecule has 0 aliphatic carbocycles. The third-order valence-electron chi connectivity index (χ3n) is 2.42. The van der Waals surface area contributed by atoms with E-state index in [9.17, 15) is 9.59 Å². The second-order valence-corrected chi connectivity index (χ2v) is 5.08. The van der Waals surface area contributed by atoms with Crippen LogP contribution < -0.4 is 5.32 Å². The molecule has 0 bridgehead atoms. The second kappa shape index (κ2) is 4.29. The number of carbonyl (C=O) groups excluding carboxylic acids is 2. The zero-order chi connectivity index (χ0) is 11.7. The van der Waals surface area contributed by atoms with Gasteiger partial charge in [-0.25, -0.2) is 0 Å². The Hall–Kier alpha value is -1.29. The Morgan fingerprint density at radius 2 is 2.19 bits per heavy atom. The summed E-state index contributed by atoms with van der Waals surface area (Å²) in [6.07, 6.45) is 0. The standard InChI is InChI=1S/C12H13NO2S/c1-7(2)12(15)8-3-4-10-9(5-8)13-11(14)6-16-10/h3-5,7H,6H2,1-2H3,(H,13,14). The molecule has 0 atom stereocenters. The Balaban J connectivity index is 2.35. The molecule has 1 aliphatic rings. The number of hydrogen-bond acceptors (Lipinski definition) is 3. The summed E-state index contributed by atoms with van der Waals surface area (Å²) in [6, 6.07) is 5.49. The Morgan fingerprint density at radius 1 is 1.44 bits per heavy atom. The normalized spacial score (nSPS) is 14.6. The van der Waals surface area contributed by atoms with E-state index in [4.69, 9.17) is 0 Å². The van der Waals surface area contributed by atoms with Crippen molar-refractivity contribution in [2.75, 3.05) is 11.1 Å². The Bertz CT molecular complexity index is 454. The van der Waals surface area contributed by atoms with Gasteiger partial charge in [-0.05, 0) is 12.1 Å². The molecular formula is C12H13NO2S. The minimum atomic E-state index is -0.0232. The maximum atomic E-state index is 11.8. The second-order valence-electron chi connectivity index (χ2n) is 4.07. The fourth-order valence-electron chi connectivity index (χ4n) is 1.57. The van der Waals surface area contributed by atoms with E-state index in [1.807, 2.05) is 26.0 Å². The van der Waals surface area contributed by atoms with Crippen LogP contribution in [0, 0.1) is 5.92 Å².